The maximum atomic E-state index is 12.6. The van der Waals surface area contributed by atoms with Gasteiger partial charge in [-0.15, -0.1) is 0 Å². The Morgan fingerprint density at radius 1 is 1.28 bits per heavy atom. The number of hydrogen-bond donors (Lipinski definition) is 3. The molecule has 0 radical (unpaired) electrons. The average Bonchev–Trinajstić information content (AvgIpc) is 2.69. The molecule has 1 saturated carbocycles. The van der Waals surface area contributed by atoms with E-state index in [0.29, 0.717) is 42.2 Å². The van der Waals surface area contributed by atoms with E-state index in [9.17, 15) is 24.9 Å². The highest BCUT2D eigenvalue weighted by atomic mass is 16.3. The normalized spacial score (nSPS) is 24.3. The van der Waals surface area contributed by atoms with Gasteiger partial charge in [-0.1, -0.05) is 26.8 Å². The molecule has 1 aromatic rings. The molecule has 1 aromatic carbocycles. The highest BCUT2D eigenvalue weighted by molar-refractivity contribution is 5.89. The first-order valence-corrected chi connectivity index (χ1v) is 9.92. The van der Waals surface area contributed by atoms with Gasteiger partial charge in [-0.25, -0.2) is 0 Å². The second-order valence-corrected chi connectivity index (χ2v) is 7.89. The van der Waals surface area contributed by atoms with E-state index < -0.39 is 17.1 Å². The predicted octanol–water partition coefficient (Wildman–Crippen LogP) is 5.49. The van der Waals surface area contributed by atoms with Crippen molar-refractivity contribution in [1.29, 1.82) is 0 Å². The zero-order chi connectivity index (χ0) is 21.9. The van der Waals surface area contributed by atoms with Crippen LogP contribution >= 0.6 is 0 Å². The molecule has 5 heteroatoms. The Morgan fingerprint density at radius 3 is 2.45 bits per heavy atom. The number of allylic oxidation sites excluding steroid dienone is 3. The van der Waals surface area contributed by atoms with Gasteiger partial charge in [-0.05, 0) is 61.6 Å². The lowest BCUT2D eigenvalue weighted by molar-refractivity contribution is -0.124. The lowest BCUT2D eigenvalue weighted by Gasteiger charge is -2.42. The van der Waals surface area contributed by atoms with Crippen molar-refractivity contribution in [2.45, 2.75) is 58.8 Å². The number of rotatable bonds is 6. The number of aliphatic hydroxyl groups is 3. The van der Waals surface area contributed by atoms with Crippen LogP contribution in [0.1, 0.15) is 68.7 Å². The zero-order valence-electron chi connectivity index (χ0n) is 17.6. The number of aryl methyl sites for hydroxylation is 1. The maximum absolute atomic E-state index is 12.6. The predicted molar refractivity (Wildman–Crippen MR) is 115 cm³/mol. The van der Waals surface area contributed by atoms with Crippen molar-refractivity contribution in [2.24, 2.45) is 5.92 Å². The van der Waals surface area contributed by atoms with Crippen LogP contribution in [-0.4, -0.2) is 27.4 Å². The zero-order valence-corrected chi connectivity index (χ0v) is 17.6. The molecular weight excluding hydrogens is 368 g/mol. The standard InChI is InChI=1S/C24H30O5/c1-6-8-16-21(28)9-10-24(5,23(16)22(29)13-25)19-12-18(20(27)7-2)17(15(4)26)11-14(19)3/h7,11-13,16,26-27,29H,4,6,8-10H2,1-3,5H3/b20-7+,23-22+. The van der Waals surface area contributed by atoms with Crippen LogP contribution < -0.4 is 0 Å². The summed E-state index contributed by atoms with van der Waals surface area (Å²) < 4.78 is 0. The summed E-state index contributed by atoms with van der Waals surface area (Å²) in [6.45, 7) is 11.0. The fraction of sp³-hybridized carbons (Fsp3) is 0.417. The van der Waals surface area contributed by atoms with Gasteiger partial charge in [0.1, 0.15) is 17.3 Å². The Morgan fingerprint density at radius 2 is 1.93 bits per heavy atom. The van der Waals surface area contributed by atoms with Gasteiger partial charge in [0, 0.05) is 28.9 Å². The van der Waals surface area contributed by atoms with Crippen LogP contribution in [0.25, 0.3) is 11.5 Å². The summed E-state index contributed by atoms with van der Waals surface area (Å²) in [5.74, 6) is -1.06. The van der Waals surface area contributed by atoms with E-state index in [2.05, 4.69) is 6.58 Å². The molecule has 3 N–H and O–H groups in total. The van der Waals surface area contributed by atoms with Gasteiger partial charge >= 0.3 is 0 Å². The number of aldehydes is 1. The Labute approximate surface area is 172 Å². The van der Waals surface area contributed by atoms with Crippen molar-refractivity contribution in [3.8, 4) is 0 Å². The van der Waals surface area contributed by atoms with Crippen molar-refractivity contribution in [3.05, 3.63) is 58.4 Å². The van der Waals surface area contributed by atoms with Crippen LogP contribution in [0.4, 0.5) is 0 Å². The second-order valence-electron chi connectivity index (χ2n) is 7.89. The SMILES string of the molecule is C=C(O)c1cc(C)c(C2(C)CCC(=O)C(CCC)/C2=C(\O)C=O)cc1/C(O)=C\C. The average molecular weight is 398 g/mol. The van der Waals surface area contributed by atoms with Crippen molar-refractivity contribution >= 4 is 23.6 Å². The first-order valence-electron chi connectivity index (χ1n) is 9.92. The minimum atomic E-state index is -0.763. The van der Waals surface area contributed by atoms with Crippen LogP contribution in [-0.2, 0) is 15.0 Å². The molecule has 0 aromatic heterocycles. The third-order valence-electron chi connectivity index (χ3n) is 5.99. The number of aliphatic hydroxyl groups excluding tert-OH is 3. The Kier molecular flexibility index (Phi) is 6.73. The van der Waals surface area contributed by atoms with E-state index in [4.69, 9.17) is 0 Å². The van der Waals surface area contributed by atoms with Crippen LogP contribution in [0.2, 0.25) is 0 Å². The molecule has 2 unspecified atom stereocenters. The van der Waals surface area contributed by atoms with Crippen LogP contribution in [0.3, 0.4) is 0 Å². The Balaban J connectivity index is 2.84. The highest BCUT2D eigenvalue weighted by Gasteiger charge is 2.45. The summed E-state index contributed by atoms with van der Waals surface area (Å²) in [6, 6.07) is 3.50. The van der Waals surface area contributed by atoms with Crippen molar-refractivity contribution in [3.63, 3.8) is 0 Å². The monoisotopic (exact) mass is 398 g/mol. The molecule has 0 heterocycles. The molecule has 1 aliphatic rings. The number of hydrogen-bond acceptors (Lipinski definition) is 5. The van der Waals surface area contributed by atoms with Gasteiger partial charge in [-0.3, -0.25) is 9.59 Å². The summed E-state index contributed by atoms with van der Waals surface area (Å²) in [5.41, 5.74) is 2.11. The molecule has 29 heavy (non-hydrogen) atoms. The number of carbonyl (C=O) groups excluding carboxylic acids is 2. The first-order chi connectivity index (χ1) is 13.6. The van der Waals surface area contributed by atoms with E-state index >= 15 is 0 Å². The molecule has 2 atom stereocenters. The lowest BCUT2D eigenvalue weighted by Crippen LogP contribution is -2.40. The van der Waals surface area contributed by atoms with Crippen molar-refractivity contribution in [2.75, 3.05) is 0 Å². The minimum Gasteiger partial charge on any atom is -0.508 e. The van der Waals surface area contributed by atoms with Gasteiger partial charge in [0.25, 0.3) is 0 Å². The highest BCUT2D eigenvalue weighted by Crippen LogP contribution is 2.49. The molecule has 156 valence electrons. The molecule has 0 bridgehead atoms. The summed E-state index contributed by atoms with van der Waals surface area (Å²) >= 11 is 0. The van der Waals surface area contributed by atoms with Crippen LogP contribution in [0.5, 0.6) is 0 Å². The fourth-order valence-corrected chi connectivity index (χ4v) is 4.53. The first kappa shape index (κ1) is 22.5. The number of carbonyl (C=O) groups is 2. The van der Waals surface area contributed by atoms with Crippen LogP contribution in [0, 0.1) is 12.8 Å². The number of Topliss-reactive ketones (excluding diaryl/α,β-unsaturated/α-hetero) is 1. The third-order valence-corrected chi connectivity index (χ3v) is 5.99. The Bertz CT molecular complexity index is 906. The number of ketones is 1. The molecule has 0 amide bonds. The maximum Gasteiger partial charge on any atom is 0.184 e. The van der Waals surface area contributed by atoms with Crippen molar-refractivity contribution < 1.29 is 24.9 Å². The van der Waals surface area contributed by atoms with E-state index in [0.717, 1.165) is 17.5 Å². The largest absolute Gasteiger partial charge is 0.508 e. The molecular formula is C24H30O5. The molecule has 0 saturated heterocycles. The molecule has 1 fully saturated rings. The lowest BCUT2D eigenvalue weighted by atomic mass is 9.60. The molecule has 1 aliphatic carbocycles. The second kappa shape index (κ2) is 8.68. The number of benzene rings is 1. The minimum absolute atomic E-state index is 0.0119. The van der Waals surface area contributed by atoms with E-state index in [1.165, 1.54) is 6.08 Å². The van der Waals surface area contributed by atoms with Crippen molar-refractivity contribution in [1.82, 2.24) is 0 Å². The molecule has 0 spiro atoms. The summed E-state index contributed by atoms with van der Waals surface area (Å²) in [6.07, 6.45) is 4.00. The Hall–Kier alpha value is -2.82. The topological polar surface area (TPSA) is 94.8 Å². The van der Waals surface area contributed by atoms with E-state index in [1.54, 1.807) is 19.1 Å². The van der Waals surface area contributed by atoms with Gasteiger partial charge in [0.05, 0.1) is 0 Å². The summed E-state index contributed by atoms with van der Waals surface area (Å²) in [7, 11) is 0. The van der Waals surface area contributed by atoms with Gasteiger partial charge in [0.15, 0.2) is 12.0 Å². The molecule has 2 rings (SSSR count). The summed E-state index contributed by atoms with van der Waals surface area (Å²) in [5, 5.41) is 30.9. The third kappa shape index (κ3) is 4.00. The van der Waals surface area contributed by atoms with Crippen LogP contribution in [0.15, 0.2) is 36.1 Å². The fourth-order valence-electron chi connectivity index (χ4n) is 4.53. The molecule has 0 aliphatic heterocycles. The summed E-state index contributed by atoms with van der Waals surface area (Å²) in [4.78, 5) is 24.1. The van der Waals surface area contributed by atoms with E-state index in [1.807, 2.05) is 20.8 Å². The van der Waals surface area contributed by atoms with E-state index in [-0.39, 0.29) is 17.3 Å². The van der Waals surface area contributed by atoms with Gasteiger partial charge < -0.3 is 15.3 Å². The van der Waals surface area contributed by atoms with Gasteiger partial charge in [0.2, 0.25) is 0 Å². The quantitative estimate of drug-likeness (QED) is 0.334. The molecule has 5 nitrogen and oxygen atoms in total. The smallest absolute Gasteiger partial charge is 0.184 e. The van der Waals surface area contributed by atoms with Gasteiger partial charge in [-0.2, -0.15) is 0 Å².